The van der Waals surface area contributed by atoms with Crippen LogP contribution in [0.2, 0.25) is 0 Å². The van der Waals surface area contributed by atoms with E-state index in [9.17, 15) is 5.11 Å². The van der Waals surface area contributed by atoms with Crippen molar-refractivity contribution < 1.29 is 5.11 Å². The predicted molar refractivity (Wildman–Crippen MR) is 126 cm³/mol. The number of aliphatic hydroxyl groups excluding tert-OH is 1. The molecule has 0 aliphatic heterocycles. The molecule has 29 heavy (non-hydrogen) atoms. The molecule has 1 unspecified atom stereocenters. The molecule has 0 radical (unpaired) electrons. The van der Waals surface area contributed by atoms with E-state index in [1.807, 2.05) is 30.3 Å². The average molecular weight is 397 g/mol. The monoisotopic (exact) mass is 397 g/mol. The maximum Gasteiger partial charge on any atom is 0.112 e. The summed E-state index contributed by atoms with van der Waals surface area (Å²) in [6.07, 6.45) is 1.17. The summed E-state index contributed by atoms with van der Waals surface area (Å²) in [6.45, 7) is 0. The van der Waals surface area contributed by atoms with E-state index in [0.717, 1.165) is 18.1 Å². The summed E-state index contributed by atoms with van der Waals surface area (Å²) in [5.41, 5.74) is 0.986. The quantitative estimate of drug-likeness (QED) is 0.430. The van der Waals surface area contributed by atoms with Crippen LogP contribution >= 0.6 is 7.26 Å². The van der Waals surface area contributed by atoms with Gasteiger partial charge in [-0.2, -0.15) is 0 Å². The number of rotatable bonds is 7. The minimum Gasteiger partial charge on any atom is -0.388 e. The summed E-state index contributed by atoms with van der Waals surface area (Å²) in [7, 11) is -1.89. The van der Waals surface area contributed by atoms with Gasteiger partial charge in [0.2, 0.25) is 0 Å². The van der Waals surface area contributed by atoms with Gasteiger partial charge in [-0.3, -0.25) is 0 Å². The van der Waals surface area contributed by atoms with Crippen molar-refractivity contribution >= 4 is 23.2 Å². The van der Waals surface area contributed by atoms with Gasteiger partial charge in [0.15, 0.2) is 0 Å². The average Bonchev–Trinajstić information content (AvgIpc) is 2.82. The molecule has 0 aliphatic rings. The highest BCUT2D eigenvalue weighted by molar-refractivity contribution is 7.95. The lowest BCUT2D eigenvalue weighted by Gasteiger charge is -2.28. The van der Waals surface area contributed by atoms with E-state index in [0.29, 0.717) is 0 Å². The minimum absolute atomic E-state index is 0.466. The first-order valence-corrected chi connectivity index (χ1v) is 12.1. The van der Waals surface area contributed by atoms with Gasteiger partial charge in [0, 0.05) is 6.42 Å². The first-order chi connectivity index (χ1) is 14.3. The van der Waals surface area contributed by atoms with Gasteiger partial charge in [0.1, 0.15) is 23.2 Å². The molecule has 144 valence electrons. The molecule has 0 saturated carbocycles. The van der Waals surface area contributed by atoms with E-state index in [2.05, 4.69) is 91.0 Å². The summed E-state index contributed by atoms with van der Waals surface area (Å²) in [4.78, 5) is 0. The van der Waals surface area contributed by atoms with Gasteiger partial charge in [-0.1, -0.05) is 84.9 Å². The van der Waals surface area contributed by atoms with Crippen LogP contribution in [-0.4, -0.2) is 11.3 Å². The van der Waals surface area contributed by atoms with Crippen LogP contribution in [0.15, 0.2) is 121 Å². The van der Waals surface area contributed by atoms with Crippen molar-refractivity contribution in [3.05, 3.63) is 127 Å². The Morgan fingerprint density at radius 1 is 0.517 bits per heavy atom. The van der Waals surface area contributed by atoms with E-state index >= 15 is 0 Å². The zero-order valence-electron chi connectivity index (χ0n) is 16.4. The number of hydrogen-bond donors (Lipinski definition) is 1. The first-order valence-electron chi connectivity index (χ1n) is 10.1. The molecule has 1 N–H and O–H groups in total. The molecular weight excluding hydrogens is 371 g/mol. The summed E-state index contributed by atoms with van der Waals surface area (Å²) in [5, 5.41) is 15.0. The van der Waals surface area contributed by atoms with Crippen molar-refractivity contribution in [2.75, 3.05) is 6.16 Å². The molecule has 0 bridgehead atoms. The second kappa shape index (κ2) is 9.18. The van der Waals surface area contributed by atoms with Crippen LogP contribution in [0.25, 0.3) is 0 Å². The minimum atomic E-state index is -1.89. The third-order valence-electron chi connectivity index (χ3n) is 5.51. The lowest BCUT2D eigenvalue weighted by atomic mass is 10.1. The first kappa shape index (κ1) is 19.6. The Hall–Kier alpha value is -2.73. The topological polar surface area (TPSA) is 20.2 Å². The third kappa shape index (κ3) is 4.17. The summed E-state index contributed by atoms with van der Waals surface area (Å²) >= 11 is 0. The van der Waals surface area contributed by atoms with Crippen LogP contribution in [0.3, 0.4) is 0 Å². The summed E-state index contributed by atoms with van der Waals surface area (Å²) in [5.74, 6) is 0. The molecule has 4 rings (SSSR count). The zero-order chi connectivity index (χ0) is 19.9. The lowest BCUT2D eigenvalue weighted by Crippen LogP contribution is -2.33. The number of hydrogen-bond acceptors (Lipinski definition) is 1. The second-order valence-electron chi connectivity index (χ2n) is 7.26. The normalized spacial score (nSPS) is 12.4. The Balaban J connectivity index is 1.82. The van der Waals surface area contributed by atoms with Crippen LogP contribution < -0.4 is 15.9 Å². The molecule has 0 amide bonds. The molecule has 0 fully saturated rings. The Morgan fingerprint density at radius 3 is 1.24 bits per heavy atom. The van der Waals surface area contributed by atoms with Crippen molar-refractivity contribution in [1.29, 1.82) is 0 Å². The van der Waals surface area contributed by atoms with Crippen molar-refractivity contribution in [2.45, 2.75) is 12.5 Å². The molecule has 4 aromatic rings. The molecule has 1 atom stereocenters. The molecule has 0 saturated heterocycles. The van der Waals surface area contributed by atoms with Crippen LogP contribution in [0, 0.1) is 0 Å². The number of benzene rings is 4. The lowest BCUT2D eigenvalue weighted by molar-refractivity contribution is 0.174. The summed E-state index contributed by atoms with van der Waals surface area (Å²) < 4.78 is 0. The van der Waals surface area contributed by atoms with Crippen molar-refractivity contribution in [3.8, 4) is 0 Å². The zero-order valence-corrected chi connectivity index (χ0v) is 17.3. The maximum atomic E-state index is 10.9. The highest BCUT2D eigenvalue weighted by Crippen LogP contribution is 2.56. The fourth-order valence-corrected chi connectivity index (χ4v) is 8.38. The number of aliphatic hydroxyl groups is 1. The van der Waals surface area contributed by atoms with Gasteiger partial charge in [0.25, 0.3) is 0 Å². The Labute approximate surface area is 174 Å². The fourth-order valence-electron chi connectivity index (χ4n) is 4.04. The van der Waals surface area contributed by atoms with Gasteiger partial charge >= 0.3 is 0 Å². The molecule has 4 aromatic carbocycles. The SMILES string of the molecule is OC(CC[P+](c1ccccc1)(c1ccccc1)c1ccccc1)c1ccccc1. The van der Waals surface area contributed by atoms with Gasteiger partial charge < -0.3 is 5.11 Å². The second-order valence-corrected chi connectivity index (χ2v) is 10.9. The Kier molecular flexibility index (Phi) is 6.20. The largest absolute Gasteiger partial charge is 0.388 e. The van der Waals surface area contributed by atoms with E-state index in [1.54, 1.807) is 0 Å². The van der Waals surface area contributed by atoms with E-state index in [1.165, 1.54) is 15.9 Å². The van der Waals surface area contributed by atoms with Gasteiger partial charge in [-0.05, 0) is 42.0 Å². The molecule has 1 nitrogen and oxygen atoms in total. The van der Waals surface area contributed by atoms with Crippen molar-refractivity contribution in [1.82, 2.24) is 0 Å². The molecular formula is C27H26OP+. The highest BCUT2D eigenvalue weighted by atomic mass is 31.2. The van der Waals surface area contributed by atoms with E-state index in [-0.39, 0.29) is 0 Å². The fraction of sp³-hybridized carbons (Fsp3) is 0.111. The van der Waals surface area contributed by atoms with Gasteiger partial charge in [0.05, 0.1) is 12.3 Å². The van der Waals surface area contributed by atoms with Crippen molar-refractivity contribution in [2.24, 2.45) is 0 Å². The maximum absolute atomic E-state index is 10.9. The Morgan fingerprint density at radius 2 is 0.862 bits per heavy atom. The molecule has 2 heteroatoms. The van der Waals surface area contributed by atoms with Crippen LogP contribution in [0.1, 0.15) is 18.1 Å². The third-order valence-corrected chi connectivity index (χ3v) is 9.98. The van der Waals surface area contributed by atoms with E-state index < -0.39 is 13.4 Å². The molecule has 0 spiro atoms. The van der Waals surface area contributed by atoms with E-state index in [4.69, 9.17) is 0 Å². The predicted octanol–water partition coefficient (Wildman–Crippen LogP) is 5.10. The molecule has 0 aliphatic carbocycles. The molecule has 0 heterocycles. The smallest absolute Gasteiger partial charge is 0.112 e. The summed E-state index contributed by atoms with van der Waals surface area (Å²) in [6, 6.07) is 42.5. The standard InChI is InChI=1S/C27H26OP/c28-27(23-13-5-1-6-14-23)21-22-29(24-15-7-2-8-16-24,25-17-9-3-10-18-25)26-19-11-4-12-20-26/h1-20,27-28H,21-22H2/q+1. The molecule has 0 aromatic heterocycles. The van der Waals surface area contributed by atoms with Crippen molar-refractivity contribution in [3.63, 3.8) is 0 Å². The van der Waals surface area contributed by atoms with Crippen LogP contribution in [0.5, 0.6) is 0 Å². The van der Waals surface area contributed by atoms with Crippen LogP contribution in [0.4, 0.5) is 0 Å². The Bertz CT molecular complexity index is 905. The highest BCUT2D eigenvalue weighted by Gasteiger charge is 2.45. The van der Waals surface area contributed by atoms with Gasteiger partial charge in [-0.15, -0.1) is 0 Å². The van der Waals surface area contributed by atoms with Gasteiger partial charge in [-0.25, -0.2) is 0 Å². The van der Waals surface area contributed by atoms with Crippen LogP contribution in [-0.2, 0) is 0 Å².